The number of halogens is 2. The molecule has 5 heteroatoms. The molecule has 0 fully saturated rings. The molecular weight excluding hydrogens is 267 g/mol. The first-order valence-electron chi connectivity index (χ1n) is 5.46. The summed E-state index contributed by atoms with van der Waals surface area (Å²) in [6, 6.07) is 10.8. The zero-order valence-electron chi connectivity index (χ0n) is 9.86. The number of hydrogen-bond acceptors (Lipinski definition) is 3. The molecule has 0 radical (unpaired) electrons. The van der Waals surface area contributed by atoms with E-state index >= 15 is 0 Å². The van der Waals surface area contributed by atoms with Crippen LogP contribution in [0.1, 0.15) is 11.1 Å². The van der Waals surface area contributed by atoms with E-state index in [1.54, 1.807) is 18.2 Å². The molecule has 3 nitrogen and oxygen atoms in total. The number of nitrogens with zero attached hydrogens (tertiary/aromatic N) is 1. The lowest BCUT2D eigenvalue weighted by atomic mass is 10.2. The van der Waals surface area contributed by atoms with E-state index in [2.05, 4.69) is 0 Å². The number of rotatable bonds is 3. The molecule has 96 valence electrons. The largest absolute Gasteiger partial charge is 0.487 e. The second-order valence-corrected chi connectivity index (χ2v) is 4.30. The van der Waals surface area contributed by atoms with E-state index < -0.39 is 5.82 Å². The second-order valence-electron chi connectivity index (χ2n) is 3.89. The van der Waals surface area contributed by atoms with Gasteiger partial charge < -0.3 is 10.5 Å². The van der Waals surface area contributed by atoms with E-state index in [4.69, 9.17) is 27.3 Å². The Balaban J connectivity index is 2.17. The molecule has 0 aromatic heterocycles. The van der Waals surface area contributed by atoms with Crippen LogP contribution < -0.4 is 10.5 Å². The minimum absolute atomic E-state index is 0.151. The summed E-state index contributed by atoms with van der Waals surface area (Å²) in [5, 5.41) is 9.26. The summed E-state index contributed by atoms with van der Waals surface area (Å²) in [6.45, 7) is 0.151. The SMILES string of the molecule is N#Cc1cc(N)ccc1OCc1ccc(F)cc1Cl. The van der Waals surface area contributed by atoms with Crippen LogP contribution in [0.4, 0.5) is 10.1 Å². The van der Waals surface area contributed by atoms with Crippen LogP contribution in [0.3, 0.4) is 0 Å². The maximum atomic E-state index is 12.9. The third kappa shape index (κ3) is 3.15. The highest BCUT2D eigenvalue weighted by Gasteiger charge is 2.06. The fourth-order valence-corrected chi connectivity index (χ4v) is 1.78. The van der Waals surface area contributed by atoms with Gasteiger partial charge in [0.2, 0.25) is 0 Å². The number of nitrogen functional groups attached to an aromatic ring is 1. The molecule has 0 aliphatic carbocycles. The Morgan fingerprint density at radius 1 is 1.26 bits per heavy atom. The first-order chi connectivity index (χ1) is 9.10. The molecule has 0 amide bonds. The summed E-state index contributed by atoms with van der Waals surface area (Å²) >= 11 is 5.89. The van der Waals surface area contributed by atoms with E-state index in [0.29, 0.717) is 22.6 Å². The summed E-state index contributed by atoms with van der Waals surface area (Å²) in [6.07, 6.45) is 0. The molecule has 0 spiro atoms. The van der Waals surface area contributed by atoms with E-state index in [1.807, 2.05) is 6.07 Å². The topological polar surface area (TPSA) is 59.0 Å². The average molecular weight is 277 g/mol. The van der Waals surface area contributed by atoms with Crippen molar-refractivity contribution in [1.82, 2.24) is 0 Å². The van der Waals surface area contributed by atoms with Gasteiger partial charge in [0.15, 0.2) is 0 Å². The van der Waals surface area contributed by atoms with Gasteiger partial charge in [0.1, 0.15) is 24.2 Å². The summed E-state index contributed by atoms with van der Waals surface area (Å²) in [7, 11) is 0. The Bertz CT molecular complexity index is 652. The highest BCUT2D eigenvalue weighted by Crippen LogP contribution is 2.23. The molecule has 2 N–H and O–H groups in total. The van der Waals surface area contributed by atoms with E-state index in [0.717, 1.165) is 0 Å². The van der Waals surface area contributed by atoms with Crippen LogP contribution in [0.15, 0.2) is 36.4 Å². The van der Waals surface area contributed by atoms with E-state index in [1.165, 1.54) is 18.2 Å². The fourth-order valence-electron chi connectivity index (χ4n) is 1.56. The van der Waals surface area contributed by atoms with Crippen LogP contribution in [0.5, 0.6) is 5.75 Å². The van der Waals surface area contributed by atoms with Crippen molar-refractivity contribution in [3.8, 4) is 11.8 Å². The predicted octanol–water partition coefficient (Wildman–Crippen LogP) is 3.51. The van der Waals surface area contributed by atoms with Crippen LogP contribution in [-0.2, 0) is 6.61 Å². The zero-order chi connectivity index (χ0) is 13.8. The summed E-state index contributed by atoms with van der Waals surface area (Å²) in [5.41, 5.74) is 7.06. The molecule has 0 aliphatic heterocycles. The Kier molecular flexibility index (Phi) is 3.88. The third-order valence-corrected chi connectivity index (χ3v) is 2.87. The van der Waals surface area contributed by atoms with Gasteiger partial charge in [-0.25, -0.2) is 4.39 Å². The number of nitrogens with two attached hydrogens (primary N) is 1. The average Bonchev–Trinajstić information content (AvgIpc) is 2.39. The van der Waals surface area contributed by atoms with Crippen LogP contribution in [-0.4, -0.2) is 0 Å². The van der Waals surface area contributed by atoms with Crippen molar-refractivity contribution in [2.75, 3.05) is 5.73 Å². The van der Waals surface area contributed by atoms with Crippen molar-refractivity contribution in [2.45, 2.75) is 6.61 Å². The van der Waals surface area contributed by atoms with E-state index in [9.17, 15) is 4.39 Å². The number of hydrogen-bond donors (Lipinski definition) is 1. The maximum absolute atomic E-state index is 12.9. The first kappa shape index (κ1) is 13.2. The quantitative estimate of drug-likeness (QED) is 0.873. The normalized spacial score (nSPS) is 9.95. The van der Waals surface area contributed by atoms with Gasteiger partial charge in [0.05, 0.1) is 10.6 Å². The van der Waals surface area contributed by atoms with Gasteiger partial charge in [0, 0.05) is 11.3 Å². The minimum Gasteiger partial charge on any atom is -0.487 e. The van der Waals surface area contributed by atoms with E-state index in [-0.39, 0.29) is 11.6 Å². The summed E-state index contributed by atoms with van der Waals surface area (Å²) in [5.74, 6) is 0.0102. The van der Waals surface area contributed by atoms with Crippen LogP contribution in [0.2, 0.25) is 5.02 Å². The van der Waals surface area contributed by atoms with Crippen molar-refractivity contribution in [3.05, 3.63) is 58.4 Å². The van der Waals surface area contributed by atoms with Gasteiger partial charge >= 0.3 is 0 Å². The fraction of sp³-hybridized carbons (Fsp3) is 0.0714. The van der Waals surface area contributed by atoms with Crippen molar-refractivity contribution in [2.24, 2.45) is 0 Å². The lowest BCUT2D eigenvalue weighted by Crippen LogP contribution is -1.99. The molecule has 2 rings (SSSR count). The molecule has 0 heterocycles. The number of anilines is 1. The van der Waals surface area contributed by atoms with Crippen molar-refractivity contribution < 1.29 is 9.13 Å². The van der Waals surface area contributed by atoms with Crippen LogP contribution >= 0.6 is 11.6 Å². The Labute approximate surface area is 115 Å². The third-order valence-electron chi connectivity index (χ3n) is 2.52. The van der Waals surface area contributed by atoms with Gasteiger partial charge in [-0.15, -0.1) is 0 Å². The lowest BCUT2D eigenvalue weighted by molar-refractivity contribution is 0.305. The molecular formula is C14H10ClFN2O. The molecule has 19 heavy (non-hydrogen) atoms. The summed E-state index contributed by atoms with van der Waals surface area (Å²) in [4.78, 5) is 0. The molecule has 0 saturated carbocycles. The number of ether oxygens (including phenoxy) is 1. The number of benzene rings is 2. The number of nitriles is 1. The lowest BCUT2D eigenvalue weighted by Gasteiger charge is -2.09. The van der Waals surface area contributed by atoms with Gasteiger partial charge in [-0.1, -0.05) is 17.7 Å². The van der Waals surface area contributed by atoms with Gasteiger partial charge in [-0.3, -0.25) is 0 Å². The molecule has 0 saturated heterocycles. The summed E-state index contributed by atoms with van der Waals surface area (Å²) < 4.78 is 18.4. The Morgan fingerprint density at radius 2 is 2.05 bits per heavy atom. The Morgan fingerprint density at radius 3 is 2.74 bits per heavy atom. The zero-order valence-corrected chi connectivity index (χ0v) is 10.6. The van der Waals surface area contributed by atoms with Crippen molar-refractivity contribution in [3.63, 3.8) is 0 Å². The predicted molar refractivity (Wildman–Crippen MR) is 71.3 cm³/mol. The van der Waals surface area contributed by atoms with Crippen LogP contribution in [0.25, 0.3) is 0 Å². The van der Waals surface area contributed by atoms with Crippen LogP contribution in [0, 0.1) is 17.1 Å². The second kappa shape index (κ2) is 5.59. The maximum Gasteiger partial charge on any atom is 0.137 e. The van der Waals surface area contributed by atoms with Gasteiger partial charge in [-0.05, 0) is 30.3 Å². The molecule has 2 aromatic carbocycles. The van der Waals surface area contributed by atoms with Gasteiger partial charge in [-0.2, -0.15) is 5.26 Å². The molecule has 0 aliphatic rings. The Hall–Kier alpha value is -2.25. The van der Waals surface area contributed by atoms with Gasteiger partial charge in [0.25, 0.3) is 0 Å². The standard InChI is InChI=1S/C14H10ClFN2O/c15-13-6-11(16)2-1-9(13)8-19-14-4-3-12(18)5-10(14)7-17/h1-6H,8,18H2. The molecule has 0 atom stereocenters. The molecule has 2 aromatic rings. The molecule has 0 bridgehead atoms. The highest BCUT2D eigenvalue weighted by molar-refractivity contribution is 6.31. The smallest absolute Gasteiger partial charge is 0.137 e. The van der Waals surface area contributed by atoms with Crippen molar-refractivity contribution >= 4 is 17.3 Å². The van der Waals surface area contributed by atoms with Crippen molar-refractivity contribution in [1.29, 1.82) is 5.26 Å². The highest BCUT2D eigenvalue weighted by atomic mass is 35.5. The first-order valence-corrected chi connectivity index (χ1v) is 5.84. The minimum atomic E-state index is -0.404. The monoisotopic (exact) mass is 276 g/mol. The molecule has 0 unspecified atom stereocenters.